The zero-order chi connectivity index (χ0) is 13.0. The van der Waals surface area contributed by atoms with Gasteiger partial charge in [0.2, 0.25) is 0 Å². The highest BCUT2D eigenvalue weighted by atomic mass is 16.4. The summed E-state index contributed by atoms with van der Waals surface area (Å²) < 4.78 is 0. The quantitative estimate of drug-likeness (QED) is 0.860. The van der Waals surface area contributed by atoms with Gasteiger partial charge in [0.1, 0.15) is 11.4 Å². The van der Waals surface area contributed by atoms with E-state index >= 15 is 0 Å². The van der Waals surface area contributed by atoms with Crippen molar-refractivity contribution in [2.45, 2.75) is 13.5 Å². The van der Waals surface area contributed by atoms with Crippen molar-refractivity contribution < 1.29 is 9.90 Å². The predicted octanol–water partition coefficient (Wildman–Crippen LogP) is 2.10. The average Bonchev–Trinajstić information content (AvgIpc) is 2.38. The van der Waals surface area contributed by atoms with Crippen LogP contribution in [-0.4, -0.2) is 21.0 Å². The zero-order valence-corrected chi connectivity index (χ0v) is 9.92. The maximum absolute atomic E-state index is 11.0. The Balaban J connectivity index is 2.16. The second kappa shape index (κ2) is 5.27. The molecule has 0 radical (unpaired) electrons. The smallest absolute Gasteiger partial charge is 0.339 e. The van der Waals surface area contributed by atoms with Crippen molar-refractivity contribution in [3.05, 3.63) is 53.5 Å². The molecular formula is C13H13N3O2. The van der Waals surface area contributed by atoms with Gasteiger partial charge in [-0.3, -0.25) is 4.98 Å². The molecule has 0 atom stereocenters. The van der Waals surface area contributed by atoms with Crippen molar-refractivity contribution in [1.29, 1.82) is 0 Å². The molecule has 0 saturated carbocycles. The Hall–Kier alpha value is -2.43. The van der Waals surface area contributed by atoms with Gasteiger partial charge in [-0.15, -0.1) is 0 Å². The third kappa shape index (κ3) is 2.63. The number of carboxylic acids is 1. The molecule has 2 aromatic heterocycles. The van der Waals surface area contributed by atoms with Gasteiger partial charge < -0.3 is 10.4 Å². The molecule has 5 nitrogen and oxygen atoms in total. The maximum atomic E-state index is 11.0. The molecule has 0 fully saturated rings. The number of carbonyl (C=O) groups is 1. The van der Waals surface area contributed by atoms with E-state index in [4.69, 9.17) is 5.11 Å². The van der Waals surface area contributed by atoms with Crippen LogP contribution >= 0.6 is 0 Å². The first-order valence-electron chi connectivity index (χ1n) is 5.51. The first-order chi connectivity index (χ1) is 8.68. The van der Waals surface area contributed by atoms with Crippen molar-refractivity contribution in [2.24, 2.45) is 0 Å². The monoisotopic (exact) mass is 243 g/mol. The van der Waals surface area contributed by atoms with Crippen LogP contribution in [0, 0.1) is 6.92 Å². The lowest BCUT2D eigenvalue weighted by Crippen LogP contribution is -2.09. The molecule has 2 N–H and O–H groups in total. The molecule has 2 rings (SSSR count). The zero-order valence-electron chi connectivity index (χ0n) is 9.92. The Kier molecular flexibility index (Phi) is 3.52. The Morgan fingerprint density at radius 3 is 2.72 bits per heavy atom. The van der Waals surface area contributed by atoms with E-state index in [0.29, 0.717) is 12.4 Å². The van der Waals surface area contributed by atoms with E-state index in [1.165, 1.54) is 6.07 Å². The van der Waals surface area contributed by atoms with Crippen molar-refractivity contribution in [3.8, 4) is 0 Å². The number of aromatic carboxylic acids is 1. The molecule has 92 valence electrons. The van der Waals surface area contributed by atoms with Gasteiger partial charge in [0.05, 0.1) is 12.2 Å². The Morgan fingerprint density at radius 2 is 2.00 bits per heavy atom. The number of carboxylic acid groups (broad SMARTS) is 1. The third-order valence-corrected chi connectivity index (χ3v) is 2.58. The van der Waals surface area contributed by atoms with Gasteiger partial charge in [-0.25, -0.2) is 9.78 Å². The molecule has 0 spiro atoms. The van der Waals surface area contributed by atoms with Crippen LogP contribution in [0.1, 0.15) is 21.6 Å². The second-order valence-corrected chi connectivity index (χ2v) is 3.83. The summed E-state index contributed by atoms with van der Waals surface area (Å²) in [5, 5.41) is 12.0. The van der Waals surface area contributed by atoms with Gasteiger partial charge in [-0.1, -0.05) is 6.07 Å². The normalized spacial score (nSPS) is 10.1. The first-order valence-corrected chi connectivity index (χ1v) is 5.51. The van der Waals surface area contributed by atoms with Crippen LogP contribution in [0.3, 0.4) is 0 Å². The highest BCUT2D eigenvalue weighted by molar-refractivity contribution is 5.92. The SMILES string of the molecule is Cc1cccnc1CNc1ncccc1C(=O)O. The van der Waals surface area contributed by atoms with Crippen LogP contribution in [0.25, 0.3) is 0 Å². The Bertz CT molecular complexity index is 570. The summed E-state index contributed by atoms with van der Waals surface area (Å²) in [6.07, 6.45) is 3.26. The van der Waals surface area contributed by atoms with Crippen LogP contribution in [0.4, 0.5) is 5.82 Å². The lowest BCUT2D eigenvalue weighted by atomic mass is 10.2. The standard InChI is InChI=1S/C13H13N3O2/c1-9-4-2-6-14-11(9)8-16-12-10(13(17)18)5-3-7-15-12/h2-7H,8H2,1H3,(H,15,16)(H,17,18). The Labute approximate surface area is 105 Å². The van der Waals surface area contributed by atoms with Gasteiger partial charge in [-0.05, 0) is 30.7 Å². The van der Waals surface area contributed by atoms with Crippen molar-refractivity contribution in [2.75, 3.05) is 5.32 Å². The fourth-order valence-corrected chi connectivity index (χ4v) is 1.59. The highest BCUT2D eigenvalue weighted by Crippen LogP contribution is 2.13. The van der Waals surface area contributed by atoms with Gasteiger partial charge in [0.25, 0.3) is 0 Å². The summed E-state index contributed by atoms with van der Waals surface area (Å²) in [5.41, 5.74) is 2.09. The largest absolute Gasteiger partial charge is 0.478 e. The number of rotatable bonds is 4. The minimum atomic E-state index is -0.997. The number of anilines is 1. The van der Waals surface area contributed by atoms with E-state index in [0.717, 1.165) is 11.3 Å². The fourth-order valence-electron chi connectivity index (χ4n) is 1.59. The molecule has 0 amide bonds. The summed E-state index contributed by atoms with van der Waals surface area (Å²) >= 11 is 0. The number of pyridine rings is 2. The predicted molar refractivity (Wildman–Crippen MR) is 67.5 cm³/mol. The van der Waals surface area contributed by atoms with E-state index in [1.807, 2.05) is 19.1 Å². The van der Waals surface area contributed by atoms with Gasteiger partial charge >= 0.3 is 5.97 Å². The van der Waals surface area contributed by atoms with E-state index in [-0.39, 0.29) is 5.56 Å². The molecule has 0 aliphatic heterocycles. The summed E-state index contributed by atoms with van der Waals surface area (Å²) in [6.45, 7) is 2.41. The van der Waals surface area contributed by atoms with Crippen molar-refractivity contribution in [3.63, 3.8) is 0 Å². The molecule has 0 saturated heterocycles. The molecule has 0 unspecified atom stereocenters. The van der Waals surface area contributed by atoms with Crippen LogP contribution in [0.5, 0.6) is 0 Å². The highest BCUT2D eigenvalue weighted by Gasteiger charge is 2.10. The summed E-state index contributed by atoms with van der Waals surface area (Å²) in [4.78, 5) is 19.3. The summed E-state index contributed by atoms with van der Waals surface area (Å²) in [6, 6.07) is 6.94. The van der Waals surface area contributed by atoms with Crippen molar-refractivity contribution in [1.82, 2.24) is 9.97 Å². The molecule has 2 aromatic rings. The molecule has 0 aliphatic rings. The van der Waals surface area contributed by atoms with E-state index in [9.17, 15) is 4.79 Å². The second-order valence-electron chi connectivity index (χ2n) is 3.83. The van der Waals surface area contributed by atoms with E-state index in [2.05, 4.69) is 15.3 Å². The number of hydrogen-bond acceptors (Lipinski definition) is 4. The third-order valence-electron chi connectivity index (χ3n) is 2.58. The Morgan fingerprint density at radius 1 is 1.28 bits per heavy atom. The summed E-state index contributed by atoms with van der Waals surface area (Å²) in [7, 11) is 0. The lowest BCUT2D eigenvalue weighted by molar-refractivity contribution is 0.0697. The van der Waals surface area contributed by atoms with Crippen molar-refractivity contribution >= 4 is 11.8 Å². The summed E-state index contributed by atoms with van der Waals surface area (Å²) in [5.74, 6) is -0.640. The molecule has 0 aliphatic carbocycles. The van der Waals surface area contributed by atoms with Gasteiger partial charge in [0, 0.05) is 12.4 Å². The maximum Gasteiger partial charge on any atom is 0.339 e. The fraction of sp³-hybridized carbons (Fsp3) is 0.154. The topological polar surface area (TPSA) is 75.1 Å². The number of aromatic nitrogens is 2. The van der Waals surface area contributed by atoms with E-state index in [1.54, 1.807) is 18.5 Å². The molecule has 0 bridgehead atoms. The number of nitrogens with zero attached hydrogens (tertiary/aromatic N) is 2. The minimum Gasteiger partial charge on any atom is -0.478 e. The van der Waals surface area contributed by atoms with Crippen LogP contribution < -0.4 is 5.32 Å². The number of nitrogens with one attached hydrogen (secondary N) is 1. The van der Waals surface area contributed by atoms with Crippen LogP contribution in [-0.2, 0) is 6.54 Å². The number of aryl methyl sites for hydroxylation is 1. The van der Waals surface area contributed by atoms with Gasteiger partial charge in [-0.2, -0.15) is 0 Å². The molecule has 2 heterocycles. The molecule has 18 heavy (non-hydrogen) atoms. The molecule has 5 heteroatoms. The molecular weight excluding hydrogens is 230 g/mol. The lowest BCUT2D eigenvalue weighted by Gasteiger charge is -2.09. The minimum absolute atomic E-state index is 0.158. The van der Waals surface area contributed by atoms with Crippen LogP contribution in [0.15, 0.2) is 36.7 Å². The number of hydrogen-bond donors (Lipinski definition) is 2. The average molecular weight is 243 g/mol. The van der Waals surface area contributed by atoms with E-state index < -0.39 is 5.97 Å². The first kappa shape index (κ1) is 12.0. The van der Waals surface area contributed by atoms with Crippen LogP contribution in [0.2, 0.25) is 0 Å². The molecule has 0 aromatic carbocycles. The van der Waals surface area contributed by atoms with Gasteiger partial charge in [0.15, 0.2) is 0 Å².